The van der Waals surface area contributed by atoms with Gasteiger partial charge in [-0.05, 0) is 38.8 Å². The summed E-state index contributed by atoms with van der Waals surface area (Å²) >= 11 is 0. The van der Waals surface area contributed by atoms with Gasteiger partial charge in [-0.2, -0.15) is 0 Å². The van der Waals surface area contributed by atoms with Crippen LogP contribution in [0.1, 0.15) is 36.9 Å². The average molecular weight is 221 g/mol. The van der Waals surface area contributed by atoms with Crippen LogP contribution in [0.15, 0.2) is 24.3 Å². The standard InChI is InChI=1S/C14H23NO/c1-12-7-6-8-14(11-12)13(2)15-9-4-5-10-16-3/h6-8,11,13,15H,4-5,9-10H2,1-3H3. The molecular weight excluding hydrogens is 198 g/mol. The van der Waals surface area contributed by atoms with Gasteiger partial charge in [-0.15, -0.1) is 0 Å². The lowest BCUT2D eigenvalue weighted by molar-refractivity contribution is 0.192. The first-order chi connectivity index (χ1) is 7.74. The second-order valence-corrected chi connectivity index (χ2v) is 4.29. The van der Waals surface area contributed by atoms with E-state index in [9.17, 15) is 0 Å². The molecule has 1 N–H and O–H groups in total. The highest BCUT2D eigenvalue weighted by Gasteiger charge is 2.03. The van der Waals surface area contributed by atoms with Gasteiger partial charge in [0.1, 0.15) is 0 Å². The minimum atomic E-state index is 0.433. The van der Waals surface area contributed by atoms with Crippen LogP contribution in [0.5, 0.6) is 0 Å². The van der Waals surface area contributed by atoms with Crippen molar-refractivity contribution in [3.05, 3.63) is 35.4 Å². The summed E-state index contributed by atoms with van der Waals surface area (Å²) in [5.74, 6) is 0. The van der Waals surface area contributed by atoms with Crippen LogP contribution in [0.3, 0.4) is 0 Å². The Kier molecular flexibility index (Phi) is 6.12. The molecule has 0 aliphatic carbocycles. The number of nitrogens with one attached hydrogen (secondary N) is 1. The van der Waals surface area contributed by atoms with Crippen LogP contribution >= 0.6 is 0 Å². The van der Waals surface area contributed by atoms with Crippen molar-refractivity contribution in [1.29, 1.82) is 0 Å². The summed E-state index contributed by atoms with van der Waals surface area (Å²) in [6.45, 7) is 6.26. The Labute approximate surface area is 99.0 Å². The van der Waals surface area contributed by atoms with Crippen LogP contribution in [0.25, 0.3) is 0 Å². The molecule has 0 fully saturated rings. The predicted molar refractivity (Wildman–Crippen MR) is 68.7 cm³/mol. The topological polar surface area (TPSA) is 21.3 Å². The van der Waals surface area contributed by atoms with Gasteiger partial charge in [0.25, 0.3) is 0 Å². The van der Waals surface area contributed by atoms with Gasteiger partial charge in [0, 0.05) is 19.8 Å². The highest BCUT2D eigenvalue weighted by molar-refractivity contribution is 5.24. The van der Waals surface area contributed by atoms with E-state index in [1.807, 2.05) is 0 Å². The fourth-order valence-electron chi connectivity index (χ4n) is 1.75. The van der Waals surface area contributed by atoms with Crippen molar-refractivity contribution in [3.8, 4) is 0 Å². The van der Waals surface area contributed by atoms with Gasteiger partial charge >= 0.3 is 0 Å². The predicted octanol–water partition coefficient (Wildman–Crippen LogP) is 3.07. The van der Waals surface area contributed by atoms with E-state index in [4.69, 9.17) is 4.74 Å². The van der Waals surface area contributed by atoms with Crippen LogP contribution in [-0.4, -0.2) is 20.3 Å². The van der Waals surface area contributed by atoms with Crippen molar-refractivity contribution in [2.24, 2.45) is 0 Å². The molecule has 0 heterocycles. The second-order valence-electron chi connectivity index (χ2n) is 4.29. The summed E-state index contributed by atoms with van der Waals surface area (Å²) in [6, 6.07) is 9.11. The maximum atomic E-state index is 5.02. The number of ether oxygens (including phenoxy) is 1. The van der Waals surface area contributed by atoms with E-state index in [0.29, 0.717) is 6.04 Å². The van der Waals surface area contributed by atoms with Crippen molar-refractivity contribution in [2.75, 3.05) is 20.3 Å². The largest absolute Gasteiger partial charge is 0.385 e. The molecule has 1 atom stereocenters. The molecule has 2 heteroatoms. The molecule has 0 bridgehead atoms. The normalized spacial score (nSPS) is 12.7. The monoisotopic (exact) mass is 221 g/mol. The zero-order valence-corrected chi connectivity index (χ0v) is 10.6. The summed E-state index contributed by atoms with van der Waals surface area (Å²) in [7, 11) is 1.75. The smallest absolute Gasteiger partial charge is 0.0462 e. The number of aryl methyl sites for hydroxylation is 1. The van der Waals surface area contributed by atoms with Crippen molar-refractivity contribution in [2.45, 2.75) is 32.7 Å². The molecule has 1 rings (SSSR count). The average Bonchev–Trinajstić information content (AvgIpc) is 2.28. The summed E-state index contributed by atoms with van der Waals surface area (Å²) in [6.07, 6.45) is 2.30. The molecule has 16 heavy (non-hydrogen) atoms. The molecule has 0 radical (unpaired) electrons. The Morgan fingerprint density at radius 1 is 1.31 bits per heavy atom. The molecule has 0 aliphatic heterocycles. The SMILES string of the molecule is COCCCCNC(C)c1cccc(C)c1. The number of methoxy groups -OCH3 is 1. The van der Waals surface area contributed by atoms with E-state index in [2.05, 4.69) is 43.4 Å². The minimum Gasteiger partial charge on any atom is -0.385 e. The molecule has 0 spiro atoms. The summed E-state index contributed by atoms with van der Waals surface area (Å²) in [5.41, 5.74) is 2.69. The van der Waals surface area contributed by atoms with E-state index in [1.165, 1.54) is 17.5 Å². The van der Waals surface area contributed by atoms with Crippen molar-refractivity contribution < 1.29 is 4.74 Å². The lowest BCUT2D eigenvalue weighted by Crippen LogP contribution is -2.20. The summed E-state index contributed by atoms with van der Waals surface area (Å²) in [5, 5.41) is 3.53. The summed E-state index contributed by atoms with van der Waals surface area (Å²) < 4.78 is 5.02. The van der Waals surface area contributed by atoms with E-state index in [0.717, 1.165) is 19.6 Å². The maximum Gasteiger partial charge on any atom is 0.0462 e. The Morgan fingerprint density at radius 3 is 2.81 bits per heavy atom. The van der Waals surface area contributed by atoms with Gasteiger partial charge in [-0.1, -0.05) is 29.8 Å². The Morgan fingerprint density at radius 2 is 2.12 bits per heavy atom. The number of rotatable bonds is 7. The Balaban J connectivity index is 2.27. The molecule has 0 saturated carbocycles. The first-order valence-electron chi connectivity index (χ1n) is 6.03. The van der Waals surface area contributed by atoms with Gasteiger partial charge in [0.15, 0.2) is 0 Å². The first kappa shape index (κ1) is 13.2. The highest BCUT2D eigenvalue weighted by atomic mass is 16.5. The molecule has 90 valence electrons. The minimum absolute atomic E-state index is 0.433. The van der Waals surface area contributed by atoms with E-state index in [1.54, 1.807) is 7.11 Å². The number of benzene rings is 1. The third-order valence-electron chi connectivity index (χ3n) is 2.77. The van der Waals surface area contributed by atoms with Crippen LogP contribution in [-0.2, 0) is 4.74 Å². The first-order valence-corrected chi connectivity index (χ1v) is 6.03. The molecule has 1 unspecified atom stereocenters. The van der Waals surface area contributed by atoms with E-state index < -0.39 is 0 Å². The third-order valence-corrected chi connectivity index (χ3v) is 2.77. The fraction of sp³-hybridized carbons (Fsp3) is 0.571. The number of hydrogen-bond donors (Lipinski definition) is 1. The van der Waals surface area contributed by atoms with Gasteiger partial charge in [-0.3, -0.25) is 0 Å². The van der Waals surface area contributed by atoms with Crippen LogP contribution in [0.4, 0.5) is 0 Å². The van der Waals surface area contributed by atoms with Crippen LogP contribution < -0.4 is 5.32 Å². The van der Waals surface area contributed by atoms with Gasteiger partial charge < -0.3 is 10.1 Å². The second kappa shape index (κ2) is 7.42. The molecule has 1 aromatic rings. The Bertz CT molecular complexity index is 299. The number of unbranched alkanes of at least 4 members (excludes halogenated alkanes) is 1. The molecule has 1 aromatic carbocycles. The maximum absolute atomic E-state index is 5.02. The van der Waals surface area contributed by atoms with Crippen molar-refractivity contribution >= 4 is 0 Å². The van der Waals surface area contributed by atoms with Crippen LogP contribution in [0, 0.1) is 6.92 Å². The molecule has 0 aliphatic rings. The quantitative estimate of drug-likeness (QED) is 0.714. The number of hydrogen-bond acceptors (Lipinski definition) is 2. The van der Waals surface area contributed by atoms with E-state index in [-0.39, 0.29) is 0 Å². The van der Waals surface area contributed by atoms with Gasteiger partial charge in [0.05, 0.1) is 0 Å². The third kappa shape index (κ3) is 4.77. The lowest BCUT2D eigenvalue weighted by Gasteiger charge is -2.14. The summed E-state index contributed by atoms with van der Waals surface area (Å²) in [4.78, 5) is 0. The van der Waals surface area contributed by atoms with Crippen molar-refractivity contribution in [1.82, 2.24) is 5.32 Å². The molecular formula is C14H23NO. The van der Waals surface area contributed by atoms with Gasteiger partial charge in [0.2, 0.25) is 0 Å². The fourth-order valence-corrected chi connectivity index (χ4v) is 1.75. The Hall–Kier alpha value is -0.860. The van der Waals surface area contributed by atoms with Crippen molar-refractivity contribution in [3.63, 3.8) is 0 Å². The zero-order valence-electron chi connectivity index (χ0n) is 10.6. The van der Waals surface area contributed by atoms with Gasteiger partial charge in [-0.25, -0.2) is 0 Å². The molecule has 0 amide bonds. The highest BCUT2D eigenvalue weighted by Crippen LogP contribution is 2.13. The molecule has 2 nitrogen and oxygen atoms in total. The lowest BCUT2D eigenvalue weighted by atomic mass is 10.1. The molecule has 0 saturated heterocycles. The molecule has 0 aromatic heterocycles. The zero-order chi connectivity index (χ0) is 11.8. The van der Waals surface area contributed by atoms with E-state index >= 15 is 0 Å². The van der Waals surface area contributed by atoms with Crippen LogP contribution in [0.2, 0.25) is 0 Å².